The second-order valence-electron chi connectivity index (χ2n) is 2.03. The van der Waals surface area contributed by atoms with Crippen molar-refractivity contribution in [3.63, 3.8) is 0 Å². The highest BCUT2D eigenvalue weighted by Gasteiger charge is 1.67. The van der Waals surface area contributed by atoms with Crippen molar-refractivity contribution >= 4 is 0 Å². The fourth-order valence-corrected chi connectivity index (χ4v) is 0.621. The van der Waals surface area contributed by atoms with Gasteiger partial charge >= 0.3 is 0 Å². The summed E-state index contributed by atoms with van der Waals surface area (Å²) < 4.78 is 0. The van der Waals surface area contributed by atoms with E-state index in [0.29, 0.717) is 0 Å². The largest absolute Gasteiger partial charge is 0.368 e. The van der Waals surface area contributed by atoms with E-state index in [9.17, 15) is 0 Å². The predicted octanol–water partition coefficient (Wildman–Crippen LogP) is 1.58. The highest BCUT2D eigenvalue weighted by molar-refractivity contribution is 5.14. The van der Waals surface area contributed by atoms with Crippen molar-refractivity contribution in [1.29, 1.82) is 0 Å². The minimum Gasteiger partial charge on any atom is -0.368 e. The molecule has 0 bridgehead atoms. The lowest BCUT2D eigenvalue weighted by atomic mass is 10.5. The molecule has 1 aromatic heterocycles. The summed E-state index contributed by atoms with van der Waals surface area (Å²) in [5, 5.41) is 2.92. The van der Waals surface area contributed by atoms with Gasteiger partial charge < -0.3 is 10.3 Å². The van der Waals surface area contributed by atoms with E-state index >= 15 is 0 Å². The first-order valence-electron chi connectivity index (χ1n) is 3.67. The van der Waals surface area contributed by atoms with Crippen molar-refractivity contribution in [3.8, 4) is 0 Å². The van der Waals surface area contributed by atoms with Crippen LogP contribution in [0.5, 0.6) is 0 Å². The predicted molar refractivity (Wildman–Crippen MR) is 49.1 cm³/mol. The van der Waals surface area contributed by atoms with Crippen LogP contribution in [0.25, 0.3) is 0 Å². The molecule has 0 atom stereocenters. The molecule has 3 nitrogen and oxygen atoms in total. The normalized spacial score (nSPS) is 12.7. The molecule has 0 radical (unpaired) electrons. The lowest BCUT2D eigenvalue weighted by Gasteiger charge is -1.79. The van der Waals surface area contributed by atoms with Gasteiger partial charge in [0.1, 0.15) is 0 Å². The summed E-state index contributed by atoms with van der Waals surface area (Å²) in [5.41, 5.74) is 0. The van der Waals surface area contributed by atoms with Crippen LogP contribution in [-0.2, 0) is 0 Å². The molecule has 3 heteroatoms. The van der Waals surface area contributed by atoms with Gasteiger partial charge in [-0.2, -0.15) is 0 Å². The number of H-pyrrole nitrogens is 1. The Balaban J connectivity index is 0.000000127. The molecule has 0 fully saturated rings. The lowest BCUT2D eigenvalue weighted by Crippen LogP contribution is -1.87. The minimum atomic E-state index is 1.62. The molecule has 2 heterocycles. The standard InChI is InChI=1S/C6H7N.C3H4N2/c1-2-4-6-7-5-3-1;1-2-5-3-4-1/h1-7H;1-3H,(H,4,5). The van der Waals surface area contributed by atoms with Crippen LogP contribution < -0.4 is 5.32 Å². The van der Waals surface area contributed by atoms with E-state index in [-0.39, 0.29) is 0 Å². The summed E-state index contributed by atoms with van der Waals surface area (Å²) in [4.78, 5) is 6.42. The lowest BCUT2D eigenvalue weighted by molar-refractivity contribution is 1.20. The fraction of sp³-hybridized carbons (Fsp3) is 0. The number of aromatic nitrogens is 2. The maximum atomic E-state index is 3.67. The molecule has 0 amide bonds. The molecule has 2 N–H and O–H groups in total. The summed E-state index contributed by atoms with van der Waals surface area (Å²) in [6.45, 7) is 0. The Labute approximate surface area is 71.5 Å². The number of hydrogen-bond acceptors (Lipinski definition) is 2. The van der Waals surface area contributed by atoms with E-state index in [4.69, 9.17) is 0 Å². The molecule has 0 aromatic carbocycles. The number of hydrogen-bond donors (Lipinski definition) is 2. The molecule has 62 valence electrons. The van der Waals surface area contributed by atoms with Gasteiger partial charge in [0.25, 0.3) is 0 Å². The quantitative estimate of drug-likeness (QED) is 0.606. The molecular formula is C9H11N3. The van der Waals surface area contributed by atoms with Crippen molar-refractivity contribution in [3.05, 3.63) is 55.4 Å². The summed E-state index contributed by atoms with van der Waals surface area (Å²) in [6, 6.07) is 0. The van der Waals surface area contributed by atoms with E-state index in [1.807, 2.05) is 36.7 Å². The first-order valence-corrected chi connectivity index (χ1v) is 3.67. The minimum absolute atomic E-state index is 1.62. The summed E-state index contributed by atoms with van der Waals surface area (Å²) >= 11 is 0. The molecule has 2 rings (SSSR count). The maximum absolute atomic E-state index is 3.67. The number of allylic oxidation sites excluding steroid dienone is 4. The van der Waals surface area contributed by atoms with Crippen molar-refractivity contribution in [2.75, 3.05) is 0 Å². The van der Waals surface area contributed by atoms with Gasteiger partial charge in [0, 0.05) is 24.8 Å². The van der Waals surface area contributed by atoms with Gasteiger partial charge in [-0.25, -0.2) is 4.98 Å². The van der Waals surface area contributed by atoms with Gasteiger partial charge in [-0.3, -0.25) is 0 Å². The van der Waals surface area contributed by atoms with Crippen LogP contribution in [0.4, 0.5) is 0 Å². The SMILES string of the molecule is C1=CC=CNC=C1.c1c[nH]cn1. The van der Waals surface area contributed by atoms with E-state index in [1.54, 1.807) is 18.7 Å². The average Bonchev–Trinajstić information content (AvgIpc) is 2.54. The molecule has 0 aliphatic carbocycles. The zero-order valence-corrected chi connectivity index (χ0v) is 6.64. The highest BCUT2D eigenvalue weighted by Crippen LogP contribution is 1.81. The van der Waals surface area contributed by atoms with Crippen LogP contribution >= 0.6 is 0 Å². The Kier molecular flexibility index (Phi) is 4.15. The number of imidazole rings is 1. The summed E-state index contributed by atoms with van der Waals surface area (Å²) in [6.07, 6.45) is 16.7. The fourth-order valence-electron chi connectivity index (χ4n) is 0.621. The zero-order valence-electron chi connectivity index (χ0n) is 6.64. The summed E-state index contributed by atoms with van der Waals surface area (Å²) in [5.74, 6) is 0. The Bertz CT molecular complexity index is 226. The molecule has 0 spiro atoms. The van der Waals surface area contributed by atoms with E-state index in [2.05, 4.69) is 15.3 Å². The second kappa shape index (κ2) is 5.97. The van der Waals surface area contributed by atoms with Crippen molar-refractivity contribution < 1.29 is 0 Å². The summed E-state index contributed by atoms with van der Waals surface area (Å²) in [7, 11) is 0. The molecule has 0 saturated heterocycles. The van der Waals surface area contributed by atoms with Gasteiger partial charge in [-0.1, -0.05) is 12.2 Å². The molecular weight excluding hydrogens is 150 g/mol. The zero-order chi connectivity index (χ0) is 8.49. The van der Waals surface area contributed by atoms with Gasteiger partial charge in [0.15, 0.2) is 0 Å². The molecule has 0 saturated carbocycles. The number of aromatic amines is 1. The maximum Gasteiger partial charge on any atom is 0.0919 e. The monoisotopic (exact) mass is 161 g/mol. The topological polar surface area (TPSA) is 40.7 Å². The van der Waals surface area contributed by atoms with E-state index in [0.717, 1.165) is 0 Å². The number of nitrogens with zero attached hydrogens (tertiary/aromatic N) is 1. The molecule has 1 aliphatic rings. The molecule has 12 heavy (non-hydrogen) atoms. The van der Waals surface area contributed by atoms with Gasteiger partial charge in [0.05, 0.1) is 6.33 Å². The molecule has 1 aliphatic heterocycles. The molecule has 0 unspecified atom stereocenters. The van der Waals surface area contributed by atoms with Crippen LogP contribution in [0, 0.1) is 0 Å². The Morgan fingerprint density at radius 3 is 2.08 bits per heavy atom. The smallest absolute Gasteiger partial charge is 0.0919 e. The van der Waals surface area contributed by atoms with Crippen LogP contribution in [0.15, 0.2) is 55.4 Å². The Morgan fingerprint density at radius 2 is 1.67 bits per heavy atom. The highest BCUT2D eigenvalue weighted by atomic mass is 14.8. The van der Waals surface area contributed by atoms with Crippen molar-refractivity contribution in [1.82, 2.24) is 15.3 Å². The third-order valence-electron chi connectivity index (χ3n) is 1.12. The third kappa shape index (κ3) is 4.11. The van der Waals surface area contributed by atoms with Crippen LogP contribution in [0.2, 0.25) is 0 Å². The number of rotatable bonds is 0. The Morgan fingerprint density at radius 1 is 0.917 bits per heavy atom. The average molecular weight is 161 g/mol. The van der Waals surface area contributed by atoms with Crippen LogP contribution in [0.3, 0.4) is 0 Å². The van der Waals surface area contributed by atoms with Gasteiger partial charge in [-0.15, -0.1) is 0 Å². The third-order valence-corrected chi connectivity index (χ3v) is 1.12. The van der Waals surface area contributed by atoms with Crippen molar-refractivity contribution in [2.24, 2.45) is 0 Å². The number of nitrogens with one attached hydrogen (secondary N) is 2. The van der Waals surface area contributed by atoms with E-state index < -0.39 is 0 Å². The van der Waals surface area contributed by atoms with E-state index in [1.165, 1.54) is 0 Å². The first-order chi connectivity index (χ1) is 6.00. The van der Waals surface area contributed by atoms with Gasteiger partial charge in [0.2, 0.25) is 0 Å². The second-order valence-corrected chi connectivity index (χ2v) is 2.03. The molecule has 1 aromatic rings. The van der Waals surface area contributed by atoms with Crippen LogP contribution in [-0.4, -0.2) is 9.97 Å². The first kappa shape index (κ1) is 8.33. The van der Waals surface area contributed by atoms with Gasteiger partial charge in [-0.05, 0) is 12.2 Å². The Hall–Kier alpha value is -1.77. The van der Waals surface area contributed by atoms with Crippen molar-refractivity contribution in [2.45, 2.75) is 0 Å². The van der Waals surface area contributed by atoms with Crippen LogP contribution in [0.1, 0.15) is 0 Å².